The molecule has 2 N–H and O–H groups in total. The predicted molar refractivity (Wildman–Crippen MR) is 78.1 cm³/mol. The maximum absolute atomic E-state index is 4.55. The molecule has 0 atom stereocenters. The van der Waals surface area contributed by atoms with E-state index in [1.807, 2.05) is 44.3 Å². The standard InChI is InChI=1S/C15H17N3/c1-4-12-8-9-14(18-12)13(5-2)11(3)17-15-7-6-10-16-15/h4-10,16,18H,1H2,2-3H3/b13-5+,17-11?. The molecule has 92 valence electrons. The fourth-order valence-electron chi connectivity index (χ4n) is 1.88. The van der Waals surface area contributed by atoms with E-state index in [1.165, 1.54) is 0 Å². The van der Waals surface area contributed by atoms with Gasteiger partial charge in [-0.1, -0.05) is 12.7 Å². The highest BCUT2D eigenvalue weighted by Crippen LogP contribution is 2.19. The molecule has 0 amide bonds. The first-order valence-corrected chi connectivity index (χ1v) is 5.91. The minimum Gasteiger partial charge on any atom is -0.355 e. The van der Waals surface area contributed by atoms with Gasteiger partial charge >= 0.3 is 0 Å². The third-order valence-corrected chi connectivity index (χ3v) is 2.77. The second kappa shape index (κ2) is 5.36. The number of aliphatic imine (C=N–C) groups is 1. The molecule has 0 spiro atoms. The molecule has 3 heteroatoms. The molecule has 2 aromatic rings. The van der Waals surface area contributed by atoms with Gasteiger partial charge in [0, 0.05) is 28.9 Å². The smallest absolute Gasteiger partial charge is 0.130 e. The molecule has 18 heavy (non-hydrogen) atoms. The third-order valence-electron chi connectivity index (χ3n) is 2.77. The summed E-state index contributed by atoms with van der Waals surface area (Å²) in [6.45, 7) is 7.77. The van der Waals surface area contributed by atoms with Gasteiger partial charge < -0.3 is 9.97 Å². The Morgan fingerprint density at radius 2 is 2.17 bits per heavy atom. The van der Waals surface area contributed by atoms with E-state index in [0.29, 0.717) is 0 Å². The normalized spacial score (nSPS) is 12.8. The van der Waals surface area contributed by atoms with Crippen LogP contribution in [0.15, 0.2) is 48.1 Å². The summed E-state index contributed by atoms with van der Waals surface area (Å²) in [5, 5.41) is 0. The highest BCUT2D eigenvalue weighted by Gasteiger charge is 2.06. The summed E-state index contributed by atoms with van der Waals surface area (Å²) in [5.41, 5.74) is 4.13. The molecular weight excluding hydrogens is 222 g/mol. The SMILES string of the molecule is C=Cc1ccc(/C(=C/C)C(C)=Nc2ccc[nH]2)[nH]1. The van der Waals surface area contributed by atoms with Crippen molar-refractivity contribution in [2.75, 3.05) is 0 Å². The molecule has 0 aromatic carbocycles. The van der Waals surface area contributed by atoms with E-state index in [9.17, 15) is 0 Å². The monoisotopic (exact) mass is 239 g/mol. The Labute approximate surface area is 107 Å². The summed E-state index contributed by atoms with van der Waals surface area (Å²) in [7, 11) is 0. The number of hydrogen-bond donors (Lipinski definition) is 2. The molecule has 0 aliphatic heterocycles. The largest absolute Gasteiger partial charge is 0.355 e. The van der Waals surface area contributed by atoms with E-state index in [-0.39, 0.29) is 0 Å². The summed E-state index contributed by atoms with van der Waals surface area (Å²) in [5.74, 6) is 0.863. The van der Waals surface area contributed by atoms with Crippen LogP contribution in [0.25, 0.3) is 11.6 Å². The first-order valence-electron chi connectivity index (χ1n) is 5.91. The second-order valence-corrected chi connectivity index (χ2v) is 3.99. The van der Waals surface area contributed by atoms with E-state index in [1.54, 1.807) is 6.08 Å². The molecule has 0 aliphatic carbocycles. The summed E-state index contributed by atoms with van der Waals surface area (Å²) in [6, 6.07) is 7.93. The number of aromatic amines is 2. The van der Waals surface area contributed by atoms with Crippen LogP contribution in [0.4, 0.5) is 5.82 Å². The molecule has 3 nitrogen and oxygen atoms in total. The van der Waals surface area contributed by atoms with Crippen molar-refractivity contribution in [3.63, 3.8) is 0 Å². The molecule has 0 saturated heterocycles. The lowest BCUT2D eigenvalue weighted by molar-refractivity contribution is 1.31. The van der Waals surface area contributed by atoms with Gasteiger partial charge in [0.25, 0.3) is 0 Å². The molecule has 0 saturated carbocycles. The lowest BCUT2D eigenvalue weighted by Crippen LogP contribution is -1.97. The Bertz CT molecular complexity index is 583. The second-order valence-electron chi connectivity index (χ2n) is 3.99. The lowest BCUT2D eigenvalue weighted by Gasteiger charge is -2.04. The fourth-order valence-corrected chi connectivity index (χ4v) is 1.88. The van der Waals surface area contributed by atoms with Crippen LogP contribution in [-0.2, 0) is 0 Å². The predicted octanol–water partition coefficient (Wildman–Crippen LogP) is 4.18. The van der Waals surface area contributed by atoms with Crippen LogP contribution in [0.5, 0.6) is 0 Å². The molecule has 2 heterocycles. The van der Waals surface area contributed by atoms with Gasteiger partial charge in [0.15, 0.2) is 0 Å². The third kappa shape index (κ3) is 2.51. The molecular formula is C15H17N3. The average Bonchev–Trinajstić information content (AvgIpc) is 3.01. The zero-order valence-electron chi connectivity index (χ0n) is 10.7. The zero-order valence-corrected chi connectivity index (χ0v) is 10.7. The fraction of sp³-hybridized carbons (Fsp3) is 0.133. The maximum atomic E-state index is 4.55. The van der Waals surface area contributed by atoms with Gasteiger partial charge in [0.1, 0.15) is 5.82 Å². The zero-order chi connectivity index (χ0) is 13.0. The van der Waals surface area contributed by atoms with Gasteiger partial charge in [-0.3, -0.25) is 0 Å². The molecule has 2 rings (SSSR count). The Morgan fingerprint density at radius 3 is 2.72 bits per heavy atom. The minimum absolute atomic E-state index is 0.863. The van der Waals surface area contributed by atoms with Gasteiger partial charge in [-0.05, 0) is 44.2 Å². The first-order chi connectivity index (χ1) is 8.74. The Morgan fingerprint density at radius 1 is 1.33 bits per heavy atom. The van der Waals surface area contributed by atoms with Crippen molar-refractivity contribution in [2.24, 2.45) is 4.99 Å². The van der Waals surface area contributed by atoms with Crippen LogP contribution >= 0.6 is 0 Å². The van der Waals surface area contributed by atoms with Crippen molar-refractivity contribution < 1.29 is 0 Å². The van der Waals surface area contributed by atoms with Crippen molar-refractivity contribution >= 4 is 23.2 Å². The van der Waals surface area contributed by atoms with E-state index >= 15 is 0 Å². The summed E-state index contributed by atoms with van der Waals surface area (Å²) < 4.78 is 0. The minimum atomic E-state index is 0.863. The Balaban J connectivity index is 2.32. The van der Waals surface area contributed by atoms with Crippen LogP contribution in [0.1, 0.15) is 25.2 Å². The summed E-state index contributed by atoms with van der Waals surface area (Å²) in [6.07, 6.45) is 5.72. The topological polar surface area (TPSA) is 43.9 Å². The number of aromatic nitrogens is 2. The van der Waals surface area contributed by atoms with Crippen molar-refractivity contribution in [3.05, 3.63) is 54.5 Å². The van der Waals surface area contributed by atoms with Crippen molar-refractivity contribution in [3.8, 4) is 0 Å². The Hall–Kier alpha value is -2.29. The maximum Gasteiger partial charge on any atom is 0.130 e. The number of H-pyrrole nitrogens is 2. The Kier molecular flexibility index (Phi) is 3.63. The van der Waals surface area contributed by atoms with Crippen molar-refractivity contribution in [2.45, 2.75) is 13.8 Å². The van der Waals surface area contributed by atoms with E-state index in [2.05, 4.69) is 27.6 Å². The van der Waals surface area contributed by atoms with E-state index in [4.69, 9.17) is 0 Å². The number of rotatable bonds is 4. The summed E-state index contributed by atoms with van der Waals surface area (Å²) >= 11 is 0. The molecule has 0 bridgehead atoms. The van der Waals surface area contributed by atoms with Crippen LogP contribution in [-0.4, -0.2) is 15.7 Å². The van der Waals surface area contributed by atoms with Crippen LogP contribution in [0, 0.1) is 0 Å². The molecule has 0 radical (unpaired) electrons. The van der Waals surface area contributed by atoms with Crippen LogP contribution in [0.3, 0.4) is 0 Å². The first kappa shape index (κ1) is 12.2. The van der Waals surface area contributed by atoms with Crippen molar-refractivity contribution in [1.82, 2.24) is 9.97 Å². The molecule has 2 aromatic heterocycles. The van der Waals surface area contributed by atoms with Gasteiger partial charge in [-0.15, -0.1) is 0 Å². The van der Waals surface area contributed by atoms with Crippen LogP contribution in [0.2, 0.25) is 0 Å². The van der Waals surface area contributed by atoms with Gasteiger partial charge in [-0.2, -0.15) is 0 Å². The lowest BCUT2D eigenvalue weighted by atomic mass is 10.1. The quantitative estimate of drug-likeness (QED) is 0.752. The van der Waals surface area contributed by atoms with E-state index in [0.717, 1.165) is 28.5 Å². The number of hydrogen-bond acceptors (Lipinski definition) is 1. The average molecular weight is 239 g/mol. The number of allylic oxidation sites excluding steroid dienone is 2. The molecule has 0 unspecified atom stereocenters. The van der Waals surface area contributed by atoms with Crippen LogP contribution < -0.4 is 0 Å². The van der Waals surface area contributed by atoms with Gasteiger partial charge in [0.2, 0.25) is 0 Å². The highest BCUT2D eigenvalue weighted by molar-refractivity contribution is 6.22. The van der Waals surface area contributed by atoms with Gasteiger partial charge in [0.05, 0.1) is 0 Å². The number of nitrogens with zero attached hydrogens (tertiary/aromatic N) is 1. The van der Waals surface area contributed by atoms with Gasteiger partial charge in [-0.25, -0.2) is 4.99 Å². The molecule has 0 fully saturated rings. The highest BCUT2D eigenvalue weighted by atomic mass is 14.9. The number of nitrogens with one attached hydrogen (secondary N) is 2. The van der Waals surface area contributed by atoms with Crippen molar-refractivity contribution in [1.29, 1.82) is 0 Å². The van der Waals surface area contributed by atoms with E-state index < -0.39 is 0 Å². The molecule has 0 aliphatic rings. The summed E-state index contributed by atoms with van der Waals surface area (Å²) in [4.78, 5) is 10.9.